The van der Waals surface area contributed by atoms with Crippen LogP contribution in [0.2, 0.25) is 0 Å². The zero-order valence-electron chi connectivity index (χ0n) is 15.0. The van der Waals surface area contributed by atoms with Gasteiger partial charge in [0.15, 0.2) is 0 Å². The highest BCUT2D eigenvalue weighted by Gasteiger charge is 2.15. The van der Waals surface area contributed by atoms with Crippen molar-refractivity contribution < 1.29 is 0 Å². The fourth-order valence-corrected chi connectivity index (χ4v) is 3.82. The standard InChI is InChI=1S/C23H25NS/c1-4-5-15-24-16-14-20(21-11-7-8-12-22(21)24)17-19(3)25-23-13-9-6-10-18(23)2/h6-14,16-17H,3-5,15H2,1-2H3/b20-17+. The number of benzene rings is 2. The fraction of sp³-hybridized carbons (Fsp3) is 0.217. The van der Waals surface area contributed by atoms with E-state index >= 15 is 0 Å². The SMILES string of the molecule is C=C(/C=C1\C=CN(CCCC)c2ccccc21)Sc1ccccc1C. The van der Waals surface area contributed by atoms with E-state index in [1.807, 2.05) is 0 Å². The minimum Gasteiger partial charge on any atom is -0.347 e. The summed E-state index contributed by atoms with van der Waals surface area (Å²) in [5, 5.41) is 0. The molecule has 0 saturated heterocycles. The molecule has 0 amide bonds. The zero-order valence-corrected chi connectivity index (χ0v) is 15.9. The third kappa shape index (κ3) is 4.26. The van der Waals surface area contributed by atoms with Gasteiger partial charge in [0, 0.05) is 33.8 Å². The first-order chi connectivity index (χ1) is 12.2. The van der Waals surface area contributed by atoms with Gasteiger partial charge in [-0.1, -0.05) is 68.1 Å². The minimum atomic E-state index is 1.06. The molecular formula is C23H25NS. The molecule has 0 aliphatic carbocycles. The molecule has 0 aromatic heterocycles. The molecule has 25 heavy (non-hydrogen) atoms. The van der Waals surface area contributed by atoms with Gasteiger partial charge >= 0.3 is 0 Å². The first-order valence-electron chi connectivity index (χ1n) is 8.87. The number of thioether (sulfide) groups is 1. The van der Waals surface area contributed by atoms with Crippen LogP contribution in [0.25, 0.3) is 5.57 Å². The molecule has 0 fully saturated rings. The summed E-state index contributed by atoms with van der Waals surface area (Å²) in [6.45, 7) is 9.71. The van der Waals surface area contributed by atoms with Crippen LogP contribution in [0.5, 0.6) is 0 Å². The average Bonchev–Trinajstić information content (AvgIpc) is 2.63. The number of hydrogen-bond acceptors (Lipinski definition) is 2. The molecule has 1 heterocycles. The highest BCUT2D eigenvalue weighted by Crippen LogP contribution is 2.36. The normalized spacial score (nSPS) is 14.6. The molecule has 3 rings (SSSR count). The van der Waals surface area contributed by atoms with E-state index in [0.29, 0.717) is 0 Å². The number of unbranched alkanes of at least 4 members (excludes halogenated alkanes) is 1. The number of rotatable bonds is 6. The molecule has 2 aromatic rings. The quantitative estimate of drug-likeness (QED) is 0.528. The Balaban J connectivity index is 1.84. The van der Waals surface area contributed by atoms with Crippen LogP contribution in [0.1, 0.15) is 30.9 Å². The number of anilines is 1. The maximum Gasteiger partial charge on any atom is 0.0485 e. The van der Waals surface area contributed by atoms with Crippen molar-refractivity contribution in [2.75, 3.05) is 11.4 Å². The molecule has 0 saturated carbocycles. The summed E-state index contributed by atoms with van der Waals surface area (Å²) in [7, 11) is 0. The monoisotopic (exact) mass is 347 g/mol. The lowest BCUT2D eigenvalue weighted by atomic mass is 9.99. The van der Waals surface area contributed by atoms with Crippen molar-refractivity contribution in [2.45, 2.75) is 31.6 Å². The van der Waals surface area contributed by atoms with E-state index in [-0.39, 0.29) is 0 Å². The van der Waals surface area contributed by atoms with Crippen molar-refractivity contribution in [3.63, 3.8) is 0 Å². The molecule has 1 aliphatic rings. The lowest BCUT2D eigenvalue weighted by molar-refractivity contribution is 0.781. The molecule has 0 bridgehead atoms. The zero-order chi connectivity index (χ0) is 17.6. The topological polar surface area (TPSA) is 3.24 Å². The number of fused-ring (bicyclic) bond motifs is 1. The number of allylic oxidation sites excluding steroid dienone is 3. The summed E-state index contributed by atoms with van der Waals surface area (Å²) in [6.07, 6.45) is 9.02. The van der Waals surface area contributed by atoms with Crippen molar-refractivity contribution >= 4 is 23.0 Å². The maximum absolute atomic E-state index is 4.27. The molecular weight excluding hydrogens is 322 g/mol. The van der Waals surface area contributed by atoms with Crippen molar-refractivity contribution in [1.82, 2.24) is 0 Å². The molecule has 0 unspecified atom stereocenters. The van der Waals surface area contributed by atoms with Gasteiger partial charge in [0.1, 0.15) is 0 Å². The van der Waals surface area contributed by atoms with Crippen LogP contribution in [0.3, 0.4) is 0 Å². The highest BCUT2D eigenvalue weighted by atomic mass is 32.2. The van der Waals surface area contributed by atoms with E-state index in [2.05, 4.69) is 92.2 Å². The van der Waals surface area contributed by atoms with Gasteiger partial charge in [0.2, 0.25) is 0 Å². The second-order valence-corrected chi connectivity index (χ2v) is 7.48. The van der Waals surface area contributed by atoms with Gasteiger partial charge in [-0.25, -0.2) is 0 Å². The predicted molar refractivity (Wildman–Crippen MR) is 112 cm³/mol. The molecule has 0 N–H and O–H groups in total. The summed E-state index contributed by atoms with van der Waals surface area (Å²) in [5.74, 6) is 0. The fourth-order valence-electron chi connectivity index (χ4n) is 2.97. The smallest absolute Gasteiger partial charge is 0.0485 e. The Labute approximate surface area is 155 Å². The third-order valence-corrected chi connectivity index (χ3v) is 5.42. The van der Waals surface area contributed by atoms with E-state index < -0.39 is 0 Å². The first kappa shape index (κ1) is 17.6. The highest BCUT2D eigenvalue weighted by molar-refractivity contribution is 8.03. The Morgan fingerprint density at radius 3 is 2.68 bits per heavy atom. The summed E-state index contributed by atoms with van der Waals surface area (Å²) in [4.78, 5) is 4.68. The molecule has 0 atom stereocenters. The Morgan fingerprint density at radius 1 is 1.12 bits per heavy atom. The van der Waals surface area contributed by atoms with Gasteiger partial charge in [0.25, 0.3) is 0 Å². The largest absolute Gasteiger partial charge is 0.347 e. The summed E-state index contributed by atoms with van der Waals surface area (Å²) < 4.78 is 0. The lowest BCUT2D eigenvalue weighted by Crippen LogP contribution is -2.20. The van der Waals surface area contributed by atoms with Crippen molar-refractivity contribution in [3.05, 3.63) is 89.5 Å². The molecule has 0 spiro atoms. The van der Waals surface area contributed by atoms with E-state index in [9.17, 15) is 0 Å². The van der Waals surface area contributed by atoms with Crippen LogP contribution in [-0.2, 0) is 0 Å². The first-order valence-corrected chi connectivity index (χ1v) is 9.69. The maximum atomic E-state index is 4.27. The van der Waals surface area contributed by atoms with Crippen LogP contribution in [-0.4, -0.2) is 6.54 Å². The van der Waals surface area contributed by atoms with Crippen molar-refractivity contribution in [1.29, 1.82) is 0 Å². The van der Waals surface area contributed by atoms with Crippen LogP contribution in [0, 0.1) is 6.92 Å². The summed E-state index contributed by atoms with van der Waals surface area (Å²) in [5.41, 5.74) is 5.10. The summed E-state index contributed by atoms with van der Waals surface area (Å²) in [6, 6.07) is 17.1. The Bertz CT molecular complexity index is 816. The number of para-hydroxylation sites is 1. The number of aryl methyl sites for hydroxylation is 1. The van der Waals surface area contributed by atoms with Gasteiger partial charge in [-0.2, -0.15) is 0 Å². The third-order valence-electron chi connectivity index (χ3n) is 4.36. The lowest BCUT2D eigenvalue weighted by Gasteiger charge is -2.27. The second-order valence-electron chi connectivity index (χ2n) is 6.31. The van der Waals surface area contributed by atoms with E-state index in [1.54, 1.807) is 11.8 Å². The van der Waals surface area contributed by atoms with Gasteiger partial charge < -0.3 is 4.90 Å². The molecule has 2 heteroatoms. The number of nitrogens with zero attached hydrogens (tertiary/aromatic N) is 1. The Morgan fingerprint density at radius 2 is 1.88 bits per heavy atom. The van der Waals surface area contributed by atoms with Gasteiger partial charge in [-0.05, 0) is 48.8 Å². The Hall–Kier alpha value is -2.19. The summed E-state index contributed by atoms with van der Waals surface area (Å²) >= 11 is 1.73. The molecule has 1 nitrogen and oxygen atoms in total. The van der Waals surface area contributed by atoms with Crippen LogP contribution in [0.15, 0.2) is 83.3 Å². The van der Waals surface area contributed by atoms with E-state index in [1.165, 1.54) is 40.1 Å². The van der Waals surface area contributed by atoms with Crippen LogP contribution >= 0.6 is 11.8 Å². The van der Waals surface area contributed by atoms with Gasteiger partial charge in [-0.3, -0.25) is 0 Å². The molecule has 128 valence electrons. The van der Waals surface area contributed by atoms with Gasteiger partial charge in [-0.15, -0.1) is 0 Å². The average molecular weight is 348 g/mol. The Kier molecular flexibility index (Phi) is 5.83. The van der Waals surface area contributed by atoms with Crippen molar-refractivity contribution in [3.8, 4) is 0 Å². The minimum absolute atomic E-state index is 1.06. The van der Waals surface area contributed by atoms with Crippen LogP contribution < -0.4 is 4.90 Å². The molecule has 2 aromatic carbocycles. The molecule has 0 radical (unpaired) electrons. The predicted octanol–water partition coefficient (Wildman–Crippen LogP) is 6.82. The van der Waals surface area contributed by atoms with Gasteiger partial charge in [0.05, 0.1) is 0 Å². The van der Waals surface area contributed by atoms with E-state index in [0.717, 1.165) is 11.4 Å². The van der Waals surface area contributed by atoms with Crippen LogP contribution in [0.4, 0.5) is 5.69 Å². The second kappa shape index (κ2) is 8.26. The van der Waals surface area contributed by atoms with Crippen molar-refractivity contribution in [2.24, 2.45) is 0 Å². The number of hydrogen-bond donors (Lipinski definition) is 0. The van der Waals surface area contributed by atoms with E-state index in [4.69, 9.17) is 0 Å². The molecule has 1 aliphatic heterocycles.